The molecule has 0 saturated heterocycles. The molecule has 0 fully saturated rings. The van der Waals surface area contributed by atoms with Crippen molar-refractivity contribution in [2.45, 2.75) is 12.8 Å². The fourth-order valence-corrected chi connectivity index (χ4v) is 1.43. The second kappa shape index (κ2) is 5.17. The summed E-state index contributed by atoms with van der Waals surface area (Å²) in [5.41, 5.74) is 0.618. The van der Waals surface area contributed by atoms with Gasteiger partial charge >= 0.3 is 0 Å². The van der Waals surface area contributed by atoms with Crippen LogP contribution in [0.3, 0.4) is 0 Å². The minimum atomic E-state index is -0.750. The Hall–Kier alpha value is -2.02. The van der Waals surface area contributed by atoms with Crippen LogP contribution in [0, 0.1) is 11.3 Å². The van der Waals surface area contributed by atoms with Gasteiger partial charge in [0.05, 0.1) is 20.3 Å². The maximum Gasteiger partial charge on any atom is 0.161 e. The molecule has 0 radical (unpaired) electrons. The van der Waals surface area contributed by atoms with E-state index >= 15 is 0 Å². The van der Waals surface area contributed by atoms with E-state index in [1.807, 2.05) is 6.07 Å². The van der Waals surface area contributed by atoms with Crippen molar-refractivity contribution >= 4 is 5.78 Å². The summed E-state index contributed by atoms with van der Waals surface area (Å²) in [6.07, 6.45) is 0. The van der Waals surface area contributed by atoms with Crippen molar-refractivity contribution in [3.63, 3.8) is 0 Å². The summed E-state index contributed by atoms with van der Waals surface area (Å²) < 4.78 is 10.2. The first-order valence-corrected chi connectivity index (χ1v) is 4.76. The van der Waals surface area contributed by atoms with E-state index in [1.54, 1.807) is 18.2 Å². The number of rotatable bonds is 4. The molecule has 4 heteroatoms. The van der Waals surface area contributed by atoms with Crippen LogP contribution < -0.4 is 9.47 Å². The number of ketones is 1. The van der Waals surface area contributed by atoms with Crippen molar-refractivity contribution in [3.05, 3.63) is 23.8 Å². The van der Waals surface area contributed by atoms with Crippen LogP contribution in [0.4, 0.5) is 0 Å². The van der Waals surface area contributed by atoms with Crippen molar-refractivity contribution in [2.24, 2.45) is 0 Å². The van der Waals surface area contributed by atoms with Gasteiger partial charge in [-0.1, -0.05) is 6.07 Å². The van der Waals surface area contributed by atoms with Gasteiger partial charge in [0.25, 0.3) is 0 Å². The Bertz CT molecular complexity index is 434. The van der Waals surface area contributed by atoms with E-state index in [9.17, 15) is 4.79 Å². The molecule has 0 spiro atoms. The molecule has 0 aliphatic rings. The Morgan fingerprint density at radius 1 is 1.31 bits per heavy atom. The van der Waals surface area contributed by atoms with Gasteiger partial charge in [-0.3, -0.25) is 4.79 Å². The van der Waals surface area contributed by atoms with Gasteiger partial charge in [0.1, 0.15) is 5.92 Å². The highest BCUT2D eigenvalue weighted by Gasteiger charge is 2.17. The molecule has 0 bridgehead atoms. The molecular weight excluding hydrogens is 206 g/mol. The van der Waals surface area contributed by atoms with Crippen molar-refractivity contribution in [3.8, 4) is 17.6 Å². The zero-order chi connectivity index (χ0) is 12.1. The fourth-order valence-electron chi connectivity index (χ4n) is 1.43. The van der Waals surface area contributed by atoms with Gasteiger partial charge in [-0.2, -0.15) is 5.26 Å². The van der Waals surface area contributed by atoms with E-state index in [1.165, 1.54) is 21.1 Å². The van der Waals surface area contributed by atoms with Gasteiger partial charge < -0.3 is 9.47 Å². The standard InChI is InChI=1S/C12H13NO3/c1-8(14)10(7-13)9-4-5-11(15-2)12(6-9)16-3/h4-6,10H,1-3H3. The first-order valence-electron chi connectivity index (χ1n) is 4.76. The summed E-state index contributed by atoms with van der Waals surface area (Å²) in [7, 11) is 3.04. The Balaban J connectivity index is 3.17. The minimum absolute atomic E-state index is 0.185. The number of nitrogens with zero attached hydrogens (tertiary/aromatic N) is 1. The molecule has 84 valence electrons. The summed E-state index contributed by atoms with van der Waals surface area (Å²) in [5, 5.41) is 8.90. The molecule has 0 aliphatic heterocycles. The van der Waals surface area contributed by atoms with Crippen LogP contribution in [0.2, 0.25) is 0 Å². The predicted octanol–water partition coefficient (Wildman–Crippen LogP) is 1.90. The number of methoxy groups -OCH3 is 2. The van der Waals surface area contributed by atoms with Crippen molar-refractivity contribution in [1.82, 2.24) is 0 Å². The minimum Gasteiger partial charge on any atom is -0.493 e. The molecule has 0 aliphatic carbocycles. The maximum atomic E-state index is 11.2. The average Bonchev–Trinajstić information content (AvgIpc) is 2.29. The molecule has 1 unspecified atom stereocenters. The lowest BCUT2D eigenvalue weighted by molar-refractivity contribution is -0.117. The predicted molar refractivity (Wildman–Crippen MR) is 58.6 cm³/mol. The third kappa shape index (κ3) is 2.31. The van der Waals surface area contributed by atoms with Crippen molar-refractivity contribution in [1.29, 1.82) is 5.26 Å². The highest BCUT2D eigenvalue weighted by atomic mass is 16.5. The molecule has 0 N–H and O–H groups in total. The molecule has 16 heavy (non-hydrogen) atoms. The van der Waals surface area contributed by atoms with E-state index in [4.69, 9.17) is 14.7 Å². The third-order valence-corrected chi connectivity index (χ3v) is 2.28. The van der Waals surface area contributed by atoms with E-state index in [2.05, 4.69) is 0 Å². The smallest absolute Gasteiger partial charge is 0.161 e. The van der Waals surface area contributed by atoms with Crippen molar-refractivity contribution < 1.29 is 14.3 Å². The Morgan fingerprint density at radius 3 is 2.38 bits per heavy atom. The normalized spacial score (nSPS) is 11.4. The van der Waals surface area contributed by atoms with Gasteiger partial charge in [0.15, 0.2) is 17.3 Å². The monoisotopic (exact) mass is 219 g/mol. The SMILES string of the molecule is COc1ccc(C(C#N)C(C)=O)cc1OC. The second-order valence-corrected chi connectivity index (χ2v) is 3.29. The zero-order valence-electron chi connectivity index (χ0n) is 9.48. The lowest BCUT2D eigenvalue weighted by atomic mass is 9.97. The molecule has 0 heterocycles. The molecular formula is C12H13NO3. The molecule has 1 rings (SSSR count). The highest BCUT2D eigenvalue weighted by molar-refractivity contribution is 5.86. The van der Waals surface area contributed by atoms with E-state index < -0.39 is 5.92 Å². The average molecular weight is 219 g/mol. The van der Waals surface area contributed by atoms with E-state index in [0.29, 0.717) is 17.1 Å². The molecule has 0 amide bonds. The fraction of sp³-hybridized carbons (Fsp3) is 0.333. The first-order chi connectivity index (χ1) is 7.63. The number of benzene rings is 1. The number of hydrogen-bond donors (Lipinski definition) is 0. The Morgan fingerprint density at radius 2 is 1.94 bits per heavy atom. The zero-order valence-corrected chi connectivity index (χ0v) is 9.48. The van der Waals surface area contributed by atoms with Gasteiger partial charge in [-0.05, 0) is 24.6 Å². The topological polar surface area (TPSA) is 59.3 Å². The number of Topliss-reactive ketones (excluding diaryl/α,β-unsaturated/α-hetero) is 1. The van der Waals surface area contributed by atoms with Gasteiger partial charge in [-0.15, -0.1) is 0 Å². The Labute approximate surface area is 94.4 Å². The first kappa shape index (κ1) is 12.1. The molecule has 0 saturated carbocycles. The third-order valence-electron chi connectivity index (χ3n) is 2.28. The van der Waals surface area contributed by atoms with E-state index in [-0.39, 0.29) is 5.78 Å². The van der Waals surface area contributed by atoms with Crippen LogP contribution in [-0.4, -0.2) is 20.0 Å². The molecule has 0 aromatic heterocycles. The lowest BCUT2D eigenvalue weighted by Crippen LogP contribution is -2.06. The number of carbonyl (C=O) groups is 1. The lowest BCUT2D eigenvalue weighted by Gasteiger charge is -2.11. The van der Waals surface area contributed by atoms with Crippen LogP contribution in [0.5, 0.6) is 11.5 Å². The quantitative estimate of drug-likeness (QED) is 0.776. The van der Waals surface area contributed by atoms with Crippen LogP contribution in [0.25, 0.3) is 0 Å². The largest absolute Gasteiger partial charge is 0.493 e. The molecule has 1 aromatic carbocycles. The number of carbonyl (C=O) groups excluding carboxylic acids is 1. The van der Waals surface area contributed by atoms with E-state index in [0.717, 1.165) is 0 Å². The van der Waals surface area contributed by atoms with Gasteiger partial charge in [0.2, 0.25) is 0 Å². The summed E-state index contributed by atoms with van der Waals surface area (Å²) in [6, 6.07) is 6.98. The highest BCUT2D eigenvalue weighted by Crippen LogP contribution is 2.30. The summed E-state index contributed by atoms with van der Waals surface area (Å²) in [6.45, 7) is 1.39. The van der Waals surface area contributed by atoms with Gasteiger partial charge in [-0.25, -0.2) is 0 Å². The number of ether oxygens (including phenoxy) is 2. The molecule has 4 nitrogen and oxygen atoms in total. The second-order valence-electron chi connectivity index (χ2n) is 3.29. The summed E-state index contributed by atoms with van der Waals surface area (Å²) >= 11 is 0. The summed E-state index contributed by atoms with van der Waals surface area (Å²) in [4.78, 5) is 11.2. The summed E-state index contributed by atoms with van der Waals surface area (Å²) in [5.74, 6) is 0.155. The number of nitriles is 1. The molecule has 1 aromatic rings. The Kier molecular flexibility index (Phi) is 3.90. The van der Waals surface area contributed by atoms with Gasteiger partial charge in [0, 0.05) is 0 Å². The van der Waals surface area contributed by atoms with Crippen LogP contribution in [0.15, 0.2) is 18.2 Å². The van der Waals surface area contributed by atoms with Crippen LogP contribution in [0.1, 0.15) is 18.4 Å². The maximum absolute atomic E-state index is 11.2. The molecule has 1 atom stereocenters. The van der Waals surface area contributed by atoms with Crippen LogP contribution in [-0.2, 0) is 4.79 Å². The van der Waals surface area contributed by atoms with Crippen LogP contribution >= 0.6 is 0 Å². The van der Waals surface area contributed by atoms with Crippen molar-refractivity contribution in [2.75, 3.05) is 14.2 Å². The number of hydrogen-bond acceptors (Lipinski definition) is 4.